The van der Waals surface area contributed by atoms with Crippen molar-refractivity contribution in [3.8, 4) is 0 Å². The summed E-state index contributed by atoms with van der Waals surface area (Å²) in [4.78, 5) is 11.1. The van der Waals surface area contributed by atoms with Crippen LogP contribution in [0.3, 0.4) is 0 Å². The van der Waals surface area contributed by atoms with Gasteiger partial charge in [0.1, 0.15) is 6.10 Å². The Balaban J connectivity index is 1.97. The summed E-state index contributed by atoms with van der Waals surface area (Å²) in [6.45, 7) is 4.36. The average molecular weight is 214 g/mol. The maximum Gasteiger partial charge on any atom is 0.508 e. The van der Waals surface area contributed by atoms with E-state index >= 15 is 0 Å². The number of carbonyl (C=O) groups is 1. The van der Waals surface area contributed by atoms with Crippen LogP contribution < -0.4 is 0 Å². The number of hydrogen-bond acceptors (Lipinski definition) is 5. The van der Waals surface area contributed by atoms with Gasteiger partial charge >= 0.3 is 6.16 Å². The van der Waals surface area contributed by atoms with Crippen molar-refractivity contribution in [1.82, 2.24) is 0 Å². The zero-order valence-corrected chi connectivity index (χ0v) is 8.76. The van der Waals surface area contributed by atoms with Crippen molar-refractivity contribution in [2.45, 2.75) is 32.3 Å². The maximum absolute atomic E-state index is 11.1. The van der Waals surface area contributed by atoms with Gasteiger partial charge in [0.2, 0.25) is 0 Å². The smallest absolute Gasteiger partial charge is 0.435 e. The molecule has 0 aliphatic carbocycles. The van der Waals surface area contributed by atoms with Crippen molar-refractivity contribution in [3.63, 3.8) is 0 Å². The van der Waals surface area contributed by atoms with Crippen molar-refractivity contribution in [1.29, 1.82) is 0 Å². The number of fused-ring (bicyclic) bond motifs is 2. The molecule has 15 heavy (non-hydrogen) atoms. The second-order valence-corrected chi connectivity index (χ2v) is 3.52. The lowest BCUT2D eigenvalue weighted by atomic mass is 10.1. The van der Waals surface area contributed by atoms with Gasteiger partial charge in [-0.3, -0.25) is 0 Å². The zero-order chi connectivity index (χ0) is 10.8. The third kappa shape index (κ3) is 2.13. The average Bonchev–Trinajstić information content (AvgIpc) is 2.60. The van der Waals surface area contributed by atoms with E-state index in [0.29, 0.717) is 13.2 Å². The molecule has 0 N–H and O–H groups in total. The van der Waals surface area contributed by atoms with Gasteiger partial charge in [0, 0.05) is 0 Å². The number of rotatable bonds is 2. The lowest BCUT2D eigenvalue weighted by Crippen LogP contribution is -2.35. The van der Waals surface area contributed by atoms with Crippen molar-refractivity contribution in [3.05, 3.63) is 11.6 Å². The standard InChI is InChI=1S/C10H14O5/c1-3-12-10(11)15-7-4-6(2)9-13-5-8(7)14-9/h4,7-9H,3,5H2,1-2H3/t7-,8+,9+/m0/s1. The maximum atomic E-state index is 11.1. The Morgan fingerprint density at radius 3 is 3.20 bits per heavy atom. The van der Waals surface area contributed by atoms with E-state index in [0.717, 1.165) is 5.57 Å². The third-order valence-electron chi connectivity index (χ3n) is 2.37. The summed E-state index contributed by atoms with van der Waals surface area (Å²) in [6.07, 6.45) is 0.311. The molecule has 1 fully saturated rings. The zero-order valence-electron chi connectivity index (χ0n) is 8.76. The minimum absolute atomic E-state index is 0.205. The molecule has 5 nitrogen and oxygen atoms in total. The normalized spacial score (nSPS) is 33.5. The van der Waals surface area contributed by atoms with E-state index in [1.807, 2.05) is 13.0 Å². The first kappa shape index (κ1) is 10.4. The molecule has 84 valence electrons. The summed E-state index contributed by atoms with van der Waals surface area (Å²) >= 11 is 0. The van der Waals surface area contributed by atoms with Crippen LogP contribution in [0, 0.1) is 0 Å². The predicted molar refractivity (Wildman–Crippen MR) is 50.3 cm³/mol. The largest absolute Gasteiger partial charge is 0.508 e. The highest BCUT2D eigenvalue weighted by Crippen LogP contribution is 2.28. The SMILES string of the molecule is CCOC(=O)O[C@H]1C=C(C)[C@@H]2OC[C@H]1O2. The molecule has 0 radical (unpaired) electrons. The highest BCUT2D eigenvalue weighted by molar-refractivity contribution is 5.60. The summed E-state index contributed by atoms with van der Waals surface area (Å²) in [5.41, 5.74) is 0.929. The second kappa shape index (κ2) is 4.20. The molecule has 0 saturated carbocycles. The van der Waals surface area contributed by atoms with Crippen LogP contribution in [0.2, 0.25) is 0 Å². The van der Waals surface area contributed by atoms with Gasteiger partial charge in [0.15, 0.2) is 12.4 Å². The summed E-state index contributed by atoms with van der Waals surface area (Å²) in [6, 6.07) is 0. The van der Waals surface area contributed by atoms with Crippen LogP contribution >= 0.6 is 0 Å². The van der Waals surface area contributed by atoms with E-state index < -0.39 is 12.3 Å². The van der Waals surface area contributed by atoms with E-state index in [2.05, 4.69) is 0 Å². The summed E-state index contributed by atoms with van der Waals surface area (Å²) in [7, 11) is 0. The Labute approximate surface area is 87.9 Å². The molecule has 0 aromatic rings. The van der Waals surface area contributed by atoms with E-state index in [-0.39, 0.29) is 12.4 Å². The minimum atomic E-state index is -0.666. The fourth-order valence-corrected chi connectivity index (χ4v) is 1.65. The van der Waals surface area contributed by atoms with Crippen molar-refractivity contribution in [2.24, 2.45) is 0 Å². The lowest BCUT2D eigenvalue weighted by molar-refractivity contribution is -0.0719. The first-order valence-electron chi connectivity index (χ1n) is 4.99. The van der Waals surface area contributed by atoms with Crippen LogP contribution in [-0.4, -0.2) is 37.9 Å². The van der Waals surface area contributed by atoms with Crippen LogP contribution in [0.1, 0.15) is 13.8 Å². The van der Waals surface area contributed by atoms with Gasteiger partial charge in [-0.1, -0.05) is 0 Å². The molecular weight excluding hydrogens is 200 g/mol. The molecule has 2 rings (SSSR count). The molecule has 2 aliphatic rings. The van der Waals surface area contributed by atoms with Crippen LogP contribution in [-0.2, 0) is 18.9 Å². The molecule has 2 bridgehead atoms. The van der Waals surface area contributed by atoms with Gasteiger partial charge in [0.05, 0.1) is 13.2 Å². The first-order chi connectivity index (χ1) is 7.20. The van der Waals surface area contributed by atoms with E-state index in [4.69, 9.17) is 18.9 Å². The summed E-state index contributed by atoms with van der Waals surface area (Å²) < 4.78 is 20.6. The van der Waals surface area contributed by atoms with Gasteiger partial charge < -0.3 is 18.9 Å². The molecule has 0 spiro atoms. The molecular formula is C10H14O5. The Morgan fingerprint density at radius 2 is 2.47 bits per heavy atom. The van der Waals surface area contributed by atoms with Crippen LogP contribution in [0.25, 0.3) is 0 Å². The molecule has 5 heteroatoms. The van der Waals surface area contributed by atoms with Gasteiger partial charge in [-0.15, -0.1) is 0 Å². The van der Waals surface area contributed by atoms with Crippen LogP contribution in [0.4, 0.5) is 4.79 Å². The molecule has 2 aliphatic heterocycles. The monoisotopic (exact) mass is 214 g/mol. The lowest BCUT2D eigenvalue weighted by Gasteiger charge is -2.24. The van der Waals surface area contributed by atoms with Gasteiger partial charge in [-0.25, -0.2) is 4.79 Å². The first-order valence-corrected chi connectivity index (χ1v) is 4.99. The molecule has 0 aromatic heterocycles. The highest BCUT2D eigenvalue weighted by Gasteiger charge is 2.39. The van der Waals surface area contributed by atoms with Crippen molar-refractivity contribution in [2.75, 3.05) is 13.2 Å². The molecule has 3 atom stereocenters. The fourth-order valence-electron chi connectivity index (χ4n) is 1.65. The summed E-state index contributed by atoms with van der Waals surface area (Å²) in [5, 5.41) is 0. The van der Waals surface area contributed by atoms with Crippen LogP contribution in [0.15, 0.2) is 11.6 Å². The van der Waals surface area contributed by atoms with Crippen molar-refractivity contribution >= 4 is 6.16 Å². The topological polar surface area (TPSA) is 54.0 Å². The number of carbonyl (C=O) groups excluding carboxylic acids is 1. The van der Waals surface area contributed by atoms with Gasteiger partial charge in [0.25, 0.3) is 0 Å². The predicted octanol–water partition coefficient (Wildman–Crippen LogP) is 1.23. The Bertz CT molecular complexity index is 286. The van der Waals surface area contributed by atoms with E-state index in [1.165, 1.54) is 0 Å². The van der Waals surface area contributed by atoms with Crippen LogP contribution in [0.5, 0.6) is 0 Å². The van der Waals surface area contributed by atoms with Gasteiger partial charge in [-0.05, 0) is 25.5 Å². The molecule has 2 heterocycles. The molecule has 1 saturated heterocycles. The second-order valence-electron chi connectivity index (χ2n) is 3.52. The van der Waals surface area contributed by atoms with Gasteiger partial charge in [-0.2, -0.15) is 0 Å². The Hall–Kier alpha value is -1.07. The summed E-state index contributed by atoms with van der Waals surface area (Å²) in [5.74, 6) is 0. The Morgan fingerprint density at radius 1 is 1.67 bits per heavy atom. The van der Waals surface area contributed by atoms with Crippen molar-refractivity contribution < 1.29 is 23.7 Å². The number of hydrogen-bond donors (Lipinski definition) is 0. The molecule has 0 aromatic carbocycles. The highest BCUT2D eigenvalue weighted by atomic mass is 16.8. The number of ether oxygens (including phenoxy) is 4. The Kier molecular flexibility index (Phi) is 2.93. The minimum Gasteiger partial charge on any atom is -0.435 e. The molecule has 0 amide bonds. The quantitative estimate of drug-likeness (QED) is 0.511. The van der Waals surface area contributed by atoms with E-state index in [1.54, 1.807) is 6.92 Å². The third-order valence-corrected chi connectivity index (χ3v) is 2.37. The van der Waals surface area contributed by atoms with E-state index in [9.17, 15) is 4.79 Å². The fraction of sp³-hybridized carbons (Fsp3) is 0.700. The molecule has 0 unspecified atom stereocenters.